The average molecular weight is 333 g/mol. The zero-order valence-corrected chi connectivity index (χ0v) is 14.7. The Balaban J connectivity index is 2.21. The molecule has 0 saturated carbocycles. The van der Waals surface area contributed by atoms with Crippen LogP contribution < -0.4 is 9.46 Å². The fourth-order valence-corrected chi connectivity index (χ4v) is 3.68. The molecule has 0 amide bonds. The predicted molar refractivity (Wildman–Crippen MR) is 92.0 cm³/mol. The number of benzene rings is 2. The standard InChI is InChI=1S/C18H23NO3S/c1-14(2)22-16-10-12-17(13-11-16)23(20,21)19-18(3,4)15-8-6-5-7-9-15/h5-14,19H,1-4H3. The van der Waals surface area contributed by atoms with Gasteiger partial charge in [-0.15, -0.1) is 0 Å². The molecule has 0 heterocycles. The first-order valence-corrected chi connectivity index (χ1v) is 9.05. The Hall–Kier alpha value is -1.85. The van der Waals surface area contributed by atoms with Gasteiger partial charge in [0.05, 0.1) is 16.5 Å². The minimum absolute atomic E-state index is 0.0487. The van der Waals surface area contributed by atoms with Crippen LogP contribution >= 0.6 is 0 Å². The van der Waals surface area contributed by atoms with Crippen LogP contribution in [-0.2, 0) is 15.6 Å². The van der Waals surface area contributed by atoms with E-state index in [0.29, 0.717) is 5.75 Å². The molecule has 1 N–H and O–H groups in total. The van der Waals surface area contributed by atoms with Crippen LogP contribution in [0.3, 0.4) is 0 Å². The third kappa shape index (κ3) is 4.56. The van der Waals surface area contributed by atoms with Crippen molar-refractivity contribution in [3.8, 4) is 5.75 Å². The van der Waals surface area contributed by atoms with Gasteiger partial charge in [0.1, 0.15) is 5.75 Å². The van der Waals surface area contributed by atoms with E-state index in [1.54, 1.807) is 24.3 Å². The van der Waals surface area contributed by atoms with Gasteiger partial charge in [0, 0.05) is 0 Å². The Kier molecular flexibility index (Phi) is 5.12. The molecule has 4 nitrogen and oxygen atoms in total. The van der Waals surface area contributed by atoms with Crippen LogP contribution in [0.25, 0.3) is 0 Å². The Morgan fingerprint density at radius 1 is 0.957 bits per heavy atom. The van der Waals surface area contributed by atoms with Gasteiger partial charge in [-0.3, -0.25) is 0 Å². The van der Waals surface area contributed by atoms with Crippen LogP contribution in [-0.4, -0.2) is 14.5 Å². The second-order valence-corrected chi connectivity index (χ2v) is 7.92. The lowest BCUT2D eigenvalue weighted by Gasteiger charge is -2.26. The quantitative estimate of drug-likeness (QED) is 0.877. The zero-order chi connectivity index (χ0) is 17.1. The summed E-state index contributed by atoms with van der Waals surface area (Å²) in [4.78, 5) is 0.220. The van der Waals surface area contributed by atoms with Crippen LogP contribution in [0.2, 0.25) is 0 Å². The molecular weight excluding hydrogens is 310 g/mol. The molecular formula is C18H23NO3S. The monoisotopic (exact) mass is 333 g/mol. The molecule has 2 aromatic carbocycles. The lowest BCUT2D eigenvalue weighted by molar-refractivity contribution is 0.242. The summed E-state index contributed by atoms with van der Waals surface area (Å²) in [6.07, 6.45) is 0.0487. The van der Waals surface area contributed by atoms with E-state index in [0.717, 1.165) is 5.56 Å². The summed E-state index contributed by atoms with van der Waals surface area (Å²) in [5.41, 5.74) is 0.205. The number of hydrogen-bond acceptors (Lipinski definition) is 3. The van der Waals surface area contributed by atoms with Crippen molar-refractivity contribution in [2.75, 3.05) is 0 Å². The zero-order valence-electron chi connectivity index (χ0n) is 13.9. The van der Waals surface area contributed by atoms with Gasteiger partial charge in [-0.25, -0.2) is 13.1 Å². The van der Waals surface area contributed by atoms with Crippen LogP contribution in [0.1, 0.15) is 33.3 Å². The molecule has 0 saturated heterocycles. The fourth-order valence-electron chi connectivity index (χ4n) is 2.28. The minimum Gasteiger partial charge on any atom is -0.491 e. The second kappa shape index (κ2) is 6.72. The van der Waals surface area contributed by atoms with Crippen LogP contribution in [0.15, 0.2) is 59.5 Å². The first-order chi connectivity index (χ1) is 10.7. The van der Waals surface area contributed by atoms with E-state index in [9.17, 15) is 8.42 Å². The first-order valence-electron chi connectivity index (χ1n) is 7.57. The van der Waals surface area contributed by atoms with Crippen molar-refractivity contribution in [3.05, 3.63) is 60.2 Å². The van der Waals surface area contributed by atoms with Gasteiger partial charge in [0.25, 0.3) is 0 Å². The van der Waals surface area contributed by atoms with E-state index in [1.807, 2.05) is 58.0 Å². The summed E-state index contributed by atoms with van der Waals surface area (Å²) >= 11 is 0. The third-order valence-corrected chi connectivity index (χ3v) is 5.06. The highest BCUT2D eigenvalue weighted by molar-refractivity contribution is 7.89. The normalized spacial score (nSPS) is 12.4. The molecule has 0 spiro atoms. The van der Waals surface area contributed by atoms with E-state index in [4.69, 9.17) is 4.74 Å². The van der Waals surface area contributed by atoms with E-state index in [2.05, 4.69) is 4.72 Å². The van der Waals surface area contributed by atoms with Gasteiger partial charge >= 0.3 is 0 Å². The highest BCUT2D eigenvalue weighted by Gasteiger charge is 2.27. The molecule has 0 bridgehead atoms. The van der Waals surface area contributed by atoms with Gasteiger partial charge in [0.15, 0.2) is 0 Å². The molecule has 0 aliphatic carbocycles. The molecule has 0 aromatic heterocycles. The molecule has 0 radical (unpaired) electrons. The summed E-state index contributed by atoms with van der Waals surface area (Å²) in [5, 5.41) is 0. The number of sulfonamides is 1. The highest BCUT2D eigenvalue weighted by Crippen LogP contribution is 2.24. The maximum absolute atomic E-state index is 12.6. The lowest BCUT2D eigenvalue weighted by atomic mass is 9.96. The molecule has 0 aliphatic rings. The first kappa shape index (κ1) is 17.5. The minimum atomic E-state index is -3.62. The summed E-state index contributed by atoms with van der Waals surface area (Å²) in [6, 6.07) is 16.0. The molecule has 2 rings (SSSR count). The lowest BCUT2D eigenvalue weighted by Crippen LogP contribution is -2.40. The predicted octanol–water partition coefficient (Wildman–Crippen LogP) is 3.69. The molecule has 0 unspecified atom stereocenters. The summed E-state index contributed by atoms with van der Waals surface area (Å²) in [6.45, 7) is 7.54. The Bertz CT molecular complexity index is 736. The van der Waals surface area contributed by atoms with Crippen molar-refractivity contribution in [2.24, 2.45) is 0 Å². The van der Waals surface area contributed by atoms with Crippen molar-refractivity contribution in [3.63, 3.8) is 0 Å². The Labute approximate surface area is 138 Å². The van der Waals surface area contributed by atoms with Crippen LogP contribution in [0.5, 0.6) is 5.75 Å². The number of rotatable bonds is 6. The molecule has 23 heavy (non-hydrogen) atoms. The maximum atomic E-state index is 12.6. The van der Waals surface area contributed by atoms with Crippen molar-refractivity contribution < 1.29 is 13.2 Å². The number of ether oxygens (including phenoxy) is 1. The van der Waals surface area contributed by atoms with E-state index in [-0.39, 0.29) is 11.0 Å². The molecule has 124 valence electrons. The largest absolute Gasteiger partial charge is 0.491 e. The molecule has 2 aromatic rings. The van der Waals surface area contributed by atoms with Gasteiger partial charge in [-0.2, -0.15) is 0 Å². The van der Waals surface area contributed by atoms with Crippen molar-refractivity contribution >= 4 is 10.0 Å². The van der Waals surface area contributed by atoms with E-state index < -0.39 is 15.6 Å². The fraction of sp³-hybridized carbons (Fsp3) is 0.333. The van der Waals surface area contributed by atoms with Gasteiger partial charge < -0.3 is 4.74 Å². The summed E-state index contributed by atoms with van der Waals surface area (Å²) in [7, 11) is -3.62. The SMILES string of the molecule is CC(C)Oc1ccc(S(=O)(=O)NC(C)(C)c2ccccc2)cc1. The van der Waals surface area contributed by atoms with Crippen LogP contribution in [0.4, 0.5) is 0 Å². The number of nitrogens with one attached hydrogen (secondary N) is 1. The van der Waals surface area contributed by atoms with Crippen molar-refractivity contribution in [1.29, 1.82) is 0 Å². The highest BCUT2D eigenvalue weighted by atomic mass is 32.2. The Morgan fingerprint density at radius 3 is 2.04 bits per heavy atom. The molecule has 0 aliphatic heterocycles. The average Bonchev–Trinajstić information content (AvgIpc) is 2.47. The summed E-state index contributed by atoms with van der Waals surface area (Å²) < 4.78 is 33.5. The second-order valence-electron chi connectivity index (χ2n) is 6.23. The van der Waals surface area contributed by atoms with Crippen molar-refractivity contribution in [1.82, 2.24) is 4.72 Å². The maximum Gasteiger partial charge on any atom is 0.241 e. The van der Waals surface area contributed by atoms with E-state index in [1.165, 1.54) is 0 Å². The van der Waals surface area contributed by atoms with Gasteiger partial charge in [-0.05, 0) is 57.5 Å². The van der Waals surface area contributed by atoms with Gasteiger partial charge in [0.2, 0.25) is 10.0 Å². The van der Waals surface area contributed by atoms with E-state index >= 15 is 0 Å². The Morgan fingerprint density at radius 2 is 1.52 bits per heavy atom. The molecule has 0 fully saturated rings. The molecule has 0 atom stereocenters. The molecule has 5 heteroatoms. The third-order valence-electron chi connectivity index (χ3n) is 3.39. The topological polar surface area (TPSA) is 55.4 Å². The summed E-state index contributed by atoms with van der Waals surface area (Å²) in [5.74, 6) is 0.654. The number of hydrogen-bond donors (Lipinski definition) is 1. The smallest absolute Gasteiger partial charge is 0.241 e. The van der Waals surface area contributed by atoms with Crippen molar-refractivity contribution in [2.45, 2.75) is 44.2 Å². The van der Waals surface area contributed by atoms with Gasteiger partial charge in [-0.1, -0.05) is 30.3 Å². The van der Waals surface area contributed by atoms with Crippen LogP contribution in [0, 0.1) is 0 Å².